The number of piperazine rings is 1. The highest BCUT2D eigenvalue weighted by atomic mass is 16.2. The lowest BCUT2D eigenvalue weighted by molar-refractivity contribution is -0.143. The van der Waals surface area contributed by atoms with E-state index in [0.717, 1.165) is 32.4 Å². The van der Waals surface area contributed by atoms with Gasteiger partial charge >= 0.3 is 0 Å². The highest BCUT2D eigenvalue weighted by Gasteiger charge is 2.36. The minimum atomic E-state index is -0.521. The molecule has 2 aliphatic rings. The number of nitrogens with two attached hydrogens (primary N) is 1. The summed E-state index contributed by atoms with van der Waals surface area (Å²) in [7, 11) is 0. The molecule has 0 aromatic heterocycles. The van der Waals surface area contributed by atoms with E-state index in [9.17, 15) is 9.59 Å². The maximum Gasteiger partial charge on any atom is 0.244 e. The van der Waals surface area contributed by atoms with Crippen molar-refractivity contribution in [3.63, 3.8) is 0 Å². The monoisotopic (exact) mass is 406 g/mol. The van der Waals surface area contributed by atoms with Crippen LogP contribution in [0.2, 0.25) is 0 Å². The molecule has 1 saturated heterocycles. The standard InChI is InChI=1S/C24H30N4O2/c25-15-23(29)28-14-13-27(16-18-7-2-1-3-8-18)17-22(28)24(30)26-21-12-6-10-19-9-4-5-11-20(19)21/h1-5,7-9,11,21-22H,6,10,12-17,25H2,(H,26,30)/t21-,22+/m1/s1. The van der Waals surface area contributed by atoms with Crippen molar-refractivity contribution in [1.29, 1.82) is 0 Å². The average molecular weight is 407 g/mol. The molecule has 4 rings (SSSR count). The van der Waals surface area contributed by atoms with E-state index in [4.69, 9.17) is 5.73 Å². The summed E-state index contributed by atoms with van der Waals surface area (Å²) in [6.07, 6.45) is 3.03. The number of rotatable bonds is 5. The Balaban J connectivity index is 1.49. The van der Waals surface area contributed by atoms with Gasteiger partial charge < -0.3 is 16.0 Å². The molecule has 1 aliphatic carbocycles. The molecule has 2 aromatic carbocycles. The van der Waals surface area contributed by atoms with Gasteiger partial charge in [-0.05, 0) is 36.0 Å². The number of carbonyl (C=O) groups is 2. The summed E-state index contributed by atoms with van der Waals surface area (Å²) in [5.74, 6) is -0.255. The number of aryl methyl sites for hydroxylation is 1. The second kappa shape index (κ2) is 9.41. The quantitative estimate of drug-likeness (QED) is 0.794. The van der Waals surface area contributed by atoms with E-state index in [1.807, 2.05) is 30.3 Å². The maximum atomic E-state index is 13.3. The molecule has 0 saturated carbocycles. The summed E-state index contributed by atoms with van der Waals surface area (Å²) < 4.78 is 0. The highest BCUT2D eigenvalue weighted by Crippen LogP contribution is 2.29. The molecule has 6 heteroatoms. The lowest BCUT2D eigenvalue weighted by Gasteiger charge is -2.41. The first-order chi connectivity index (χ1) is 14.7. The molecule has 30 heavy (non-hydrogen) atoms. The molecule has 1 heterocycles. The Kier molecular flexibility index (Phi) is 6.45. The first-order valence-electron chi connectivity index (χ1n) is 10.8. The second-order valence-corrected chi connectivity index (χ2v) is 8.18. The van der Waals surface area contributed by atoms with Gasteiger partial charge in [0.1, 0.15) is 6.04 Å². The van der Waals surface area contributed by atoms with Gasteiger partial charge in [-0.1, -0.05) is 54.6 Å². The number of benzene rings is 2. The van der Waals surface area contributed by atoms with Crippen molar-refractivity contribution < 1.29 is 9.59 Å². The summed E-state index contributed by atoms with van der Waals surface area (Å²) in [5.41, 5.74) is 9.34. The molecule has 1 aliphatic heterocycles. The van der Waals surface area contributed by atoms with E-state index in [2.05, 4.69) is 34.5 Å². The molecule has 2 amide bonds. The first kappa shape index (κ1) is 20.6. The lowest BCUT2D eigenvalue weighted by atomic mass is 9.87. The van der Waals surface area contributed by atoms with Gasteiger partial charge in [0.2, 0.25) is 11.8 Å². The fourth-order valence-corrected chi connectivity index (χ4v) is 4.64. The topological polar surface area (TPSA) is 78.7 Å². The second-order valence-electron chi connectivity index (χ2n) is 8.18. The molecule has 0 bridgehead atoms. The van der Waals surface area contributed by atoms with Gasteiger partial charge in [-0.2, -0.15) is 0 Å². The van der Waals surface area contributed by atoms with Gasteiger partial charge in [-0.3, -0.25) is 14.5 Å². The van der Waals surface area contributed by atoms with Crippen molar-refractivity contribution in [2.45, 2.75) is 37.9 Å². The maximum absolute atomic E-state index is 13.3. The molecule has 0 radical (unpaired) electrons. The molecular formula is C24H30N4O2. The SMILES string of the molecule is NCC(=O)N1CCN(Cc2ccccc2)C[C@H]1C(=O)N[C@@H]1CCCc2ccccc21. The smallest absolute Gasteiger partial charge is 0.244 e. The van der Waals surface area contributed by atoms with Gasteiger partial charge in [-0.25, -0.2) is 0 Å². The van der Waals surface area contributed by atoms with E-state index in [1.54, 1.807) is 4.90 Å². The Hall–Kier alpha value is -2.70. The summed E-state index contributed by atoms with van der Waals surface area (Å²) in [6, 6.07) is 18.0. The van der Waals surface area contributed by atoms with E-state index in [0.29, 0.717) is 13.1 Å². The van der Waals surface area contributed by atoms with Crippen LogP contribution < -0.4 is 11.1 Å². The summed E-state index contributed by atoms with van der Waals surface area (Å²) in [6.45, 7) is 2.45. The Bertz CT molecular complexity index is 886. The zero-order valence-electron chi connectivity index (χ0n) is 17.3. The molecular weight excluding hydrogens is 376 g/mol. The Morgan fingerprint density at radius 3 is 2.60 bits per heavy atom. The minimum Gasteiger partial charge on any atom is -0.347 e. The Labute approximate surface area is 178 Å². The molecule has 0 unspecified atom stereocenters. The predicted octanol–water partition coefficient (Wildman–Crippen LogP) is 1.85. The number of fused-ring (bicyclic) bond motifs is 1. The fraction of sp³-hybridized carbons (Fsp3) is 0.417. The number of nitrogens with one attached hydrogen (secondary N) is 1. The number of hydrogen-bond acceptors (Lipinski definition) is 4. The van der Waals surface area contributed by atoms with Crippen LogP contribution in [-0.2, 0) is 22.6 Å². The Morgan fingerprint density at radius 2 is 1.80 bits per heavy atom. The van der Waals surface area contributed by atoms with Gasteiger partial charge in [-0.15, -0.1) is 0 Å². The molecule has 6 nitrogen and oxygen atoms in total. The van der Waals surface area contributed by atoms with Crippen LogP contribution in [0.3, 0.4) is 0 Å². The third kappa shape index (κ3) is 4.55. The van der Waals surface area contributed by atoms with Gasteiger partial charge in [0.05, 0.1) is 12.6 Å². The van der Waals surface area contributed by atoms with Crippen LogP contribution in [0.4, 0.5) is 0 Å². The normalized spacial score (nSPS) is 21.7. The van der Waals surface area contributed by atoms with Crippen molar-refractivity contribution in [2.24, 2.45) is 5.73 Å². The van der Waals surface area contributed by atoms with E-state index in [-0.39, 0.29) is 24.4 Å². The zero-order valence-corrected chi connectivity index (χ0v) is 17.3. The van der Waals surface area contributed by atoms with Gasteiger partial charge in [0.15, 0.2) is 0 Å². The van der Waals surface area contributed by atoms with Crippen molar-refractivity contribution >= 4 is 11.8 Å². The van der Waals surface area contributed by atoms with Crippen molar-refractivity contribution in [1.82, 2.24) is 15.1 Å². The largest absolute Gasteiger partial charge is 0.347 e. The van der Waals surface area contributed by atoms with E-state index >= 15 is 0 Å². The van der Waals surface area contributed by atoms with E-state index in [1.165, 1.54) is 16.7 Å². The molecule has 1 fully saturated rings. The van der Waals surface area contributed by atoms with Crippen LogP contribution in [0.25, 0.3) is 0 Å². The number of amides is 2. The first-order valence-corrected chi connectivity index (χ1v) is 10.8. The summed E-state index contributed by atoms with van der Waals surface area (Å²) in [5, 5.41) is 3.24. The Morgan fingerprint density at radius 1 is 1.03 bits per heavy atom. The number of nitrogens with zero attached hydrogens (tertiary/aromatic N) is 2. The zero-order chi connectivity index (χ0) is 20.9. The molecule has 3 N–H and O–H groups in total. The molecule has 158 valence electrons. The average Bonchev–Trinajstić information content (AvgIpc) is 2.79. The highest BCUT2D eigenvalue weighted by molar-refractivity contribution is 5.89. The minimum absolute atomic E-state index is 0.00165. The lowest BCUT2D eigenvalue weighted by Crippen LogP contribution is -2.61. The van der Waals surface area contributed by atoms with Crippen LogP contribution in [0.15, 0.2) is 54.6 Å². The summed E-state index contributed by atoms with van der Waals surface area (Å²) >= 11 is 0. The molecule has 0 spiro atoms. The molecule has 2 aromatic rings. The van der Waals surface area contributed by atoms with Gasteiger partial charge in [0, 0.05) is 26.2 Å². The van der Waals surface area contributed by atoms with Crippen molar-refractivity contribution in [3.8, 4) is 0 Å². The fourth-order valence-electron chi connectivity index (χ4n) is 4.64. The van der Waals surface area contributed by atoms with Gasteiger partial charge in [0.25, 0.3) is 0 Å². The van der Waals surface area contributed by atoms with Crippen LogP contribution in [-0.4, -0.2) is 53.8 Å². The van der Waals surface area contributed by atoms with Crippen LogP contribution in [0, 0.1) is 0 Å². The molecule has 2 atom stereocenters. The third-order valence-corrected chi connectivity index (χ3v) is 6.20. The van der Waals surface area contributed by atoms with Crippen LogP contribution in [0.1, 0.15) is 35.6 Å². The van der Waals surface area contributed by atoms with Crippen LogP contribution >= 0.6 is 0 Å². The summed E-state index contributed by atoms with van der Waals surface area (Å²) in [4.78, 5) is 29.7. The number of carbonyl (C=O) groups excluding carboxylic acids is 2. The third-order valence-electron chi connectivity index (χ3n) is 6.20. The van der Waals surface area contributed by atoms with Crippen molar-refractivity contribution in [3.05, 3.63) is 71.3 Å². The predicted molar refractivity (Wildman–Crippen MR) is 117 cm³/mol. The van der Waals surface area contributed by atoms with Crippen LogP contribution in [0.5, 0.6) is 0 Å². The number of hydrogen-bond donors (Lipinski definition) is 2. The van der Waals surface area contributed by atoms with Crippen molar-refractivity contribution in [2.75, 3.05) is 26.2 Å². The van der Waals surface area contributed by atoms with E-state index < -0.39 is 6.04 Å².